The third-order valence-corrected chi connectivity index (χ3v) is 1.24. The van der Waals surface area contributed by atoms with Gasteiger partial charge in [0.25, 0.3) is 0 Å². The standard InChI is InChI=1S/2C4H3F3O3.Cu/c2*5-4(6,7)2(8)1-3(9)10;/h2*1H2,(H,9,10);/q;;+2/p-2. The summed E-state index contributed by atoms with van der Waals surface area (Å²) < 4.78 is 67.0. The molecule has 6 nitrogen and oxygen atoms in total. The molecule has 0 aromatic heterocycles. The Kier molecular flexibility index (Phi) is 10.9. The molecule has 21 heavy (non-hydrogen) atoms. The van der Waals surface area contributed by atoms with Crippen LogP contribution in [-0.4, -0.2) is 35.9 Å². The van der Waals surface area contributed by atoms with Gasteiger partial charge in [-0.25, -0.2) is 0 Å². The maximum Gasteiger partial charge on any atom is 2.00 e. The van der Waals surface area contributed by atoms with Crippen LogP contribution in [-0.2, 0) is 36.2 Å². The first-order chi connectivity index (χ1) is 8.67. The van der Waals surface area contributed by atoms with Crippen molar-refractivity contribution in [2.75, 3.05) is 0 Å². The van der Waals surface area contributed by atoms with Crippen LogP contribution in [0.3, 0.4) is 0 Å². The molecule has 0 aromatic carbocycles. The molecule has 0 unspecified atom stereocenters. The van der Waals surface area contributed by atoms with Gasteiger partial charge in [-0.05, 0) is 0 Å². The van der Waals surface area contributed by atoms with E-state index in [2.05, 4.69) is 0 Å². The number of hydrogen-bond acceptors (Lipinski definition) is 6. The zero-order valence-electron chi connectivity index (χ0n) is 9.43. The van der Waals surface area contributed by atoms with Crippen molar-refractivity contribution in [1.29, 1.82) is 0 Å². The molecule has 0 spiro atoms. The summed E-state index contributed by atoms with van der Waals surface area (Å²) in [6.07, 6.45) is -13.4. The van der Waals surface area contributed by atoms with Crippen LogP contribution in [0.25, 0.3) is 0 Å². The maximum absolute atomic E-state index is 11.2. The van der Waals surface area contributed by atoms with Gasteiger partial charge in [-0.1, -0.05) is 0 Å². The van der Waals surface area contributed by atoms with Crippen LogP contribution in [0.15, 0.2) is 0 Å². The Hall–Kier alpha value is -1.62. The first-order valence-corrected chi connectivity index (χ1v) is 4.27. The predicted molar refractivity (Wildman–Crippen MR) is 41.4 cm³/mol. The third-order valence-electron chi connectivity index (χ3n) is 1.24. The van der Waals surface area contributed by atoms with Crippen molar-refractivity contribution in [1.82, 2.24) is 0 Å². The van der Waals surface area contributed by atoms with Crippen molar-refractivity contribution in [2.24, 2.45) is 0 Å². The summed E-state index contributed by atoms with van der Waals surface area (Å²) in [6, 6.07) is 0. The topological polar surface area (TPSA) is 114 Å². The Morgan fingerprint density at radius 1 is 0.667 bits per heavy atom. The van der Waals surface area contributed by atoms with Gasteiger partial charge in [0.05, 0.1) is 12.8 Å². The molecule has 0 heterocycles. The third kappa shape index (κ3) is 14.6. The number of carbonyl (C=O) groups is 4. The van der Waals surface area contributed by atoms with E-state index in [1.807, 2.05) is 0 Å². The van der Waals surface area contributed by atoms with E-state index >= 15 is 0 Å². The van der Waals surface area contributed by atoms with Gasteiger partial charge in [0, 0.05) is 11.9 Å². The van der Waals surface area contributed by atoms with Crippen molar-refractivity contribution in [3.05, 3.63) is 0 Å². The van der Waals surface area contributed by atoms with Gasteiger partial charge in [-0.2, -0.15) is 26.3 Å². The van der Waals surface area contributed by atoms with Crippen LogP contribution in [0.2, 0.25) is 0 Å². The average molecular weight is 374 g/mol. The molecule has 1 radical (unpaired) electrons. The summed E-state index contributed by atoms with van der Waals surface area (Å²) >= 11 is 0. The molecule has 0 amide bonds. The summed E-state index contributed by atoms with van der Waals surface area (Å²) in [5.74, 6) is -8.65. The second-order valence-corrected chi connectivity index (χ2v) is 2.94. The molecule has 0 saturated carbocycles. The van der Waals surface area contributed by atoms with Gasteiger partial charge in [0.2, 0.25) is 11.6 Å². The molecule has 125 valence electrons. The first-order valence-electron chi connectivity index (χ1n) is 4.27. The van der Waals surface area contributed by atoms with E-state index in [0.717, 1.165) is 0 Å². The molecule has 0 aromatic rings. The zero-order valence-corrected chi connectivity index (χ0v) is 10.4. The monoisotopic (exact) mass is 373 g/mol. The Bertz CT molecular complexity index is 363. The van der Waals surface area contributed by atoms with Crippen LogP contribution < -0.4 is 10.2 Å². The number of Topliss-reactive ketones (excluding diaryl/α,β-unsaturated/α-hetero) is 2. The fourth-order valence-corrected chi connectivity index (χ4v) is 0.463. The van der Waals surface area contributed by atoms with Crippen molar-refractivity contribution in [2.45, 2.75) is 25.2 Å². The van der Waals surface area contributed by atoms with E-state index in [-0.39, 0.29) is 17.1 Å². The number of carboxylic acid groups (broad SMARTS) is 2. The normalized spacial score (nSPS) is 10.6. The number of ketones is 2. The number of rotatable bonds is 4. The number of halogens is 6. The molecule has 0 saturated heterocycles. The number of carboxylic acids is 2. The summed E-state index contributed by atoms with van der Waals surface area (Å²) in [6.45, 7) is 0. The van der Waals surface area contributed by atoms with Crippen LogP contribution >= 0.6 is 0 Å². The molecule has 0 N–H and O–H groups in total. The molecule has 13 heteroatoms. The Morgan fingerprint density at radius 3 is 0.905 bits per heavy atom. The van der Waals surface area contributed by atoms with Crippen LogP contribution in [0.4, 0.5) is 26.3 Å². The van der Waals surface area contributed by atoms with Crippen LogP contribution in [0, 0.1) is 0 Å². The van der Waals surface area contributed by atoms with Gasteiger partial charge >= 0.3 is 29.4 Å². The zero-order chi connectivity index (χ0) is 16.7. The summed E-state index contributed by atoms with van der Waals surface area (Å²) in [4.78, 5) is 38.3. The van der Waals surface area contributed by atoms with E-state index in [1.54, 1.807) is 0 Å². The second-order valence-electron chi connectivity index (χ2n) is 2.94. The van der Waals surface area contributed by atoms with E-state index in [9.17, 15) is 55.7 Å². The minimum atomic E-state index is -5.07. The van der Waals surface area contributed by atoms with Crippen molar-refractivity contribution in [3.8, 4) is 0 Å². The summed E-state index contributed by atoms with van der Waals surface area (Å²) in [5, 5.41) is 18.8. The average Bonchev–Trinajstić information content (AvgIpc) is 2.13. The minimum Gasteiger partial charge on any atom is -0.550 e. The van der Waals surface area contributed by atoms with Gasteiger partial charge in [-0.15, -0.1) is 0 Å². The predicted octanol–water partition coefficient (Wildman–Crippen LogP) is -1.49. The van der Waals surface area contributed by atoms with Crippen LogP contribution in [0.5, 0.6) is 0 Å². The van der Waals surface area contributed by atoms with E-state index in [4.69, 9.17) is 0 Å². The molecule has 0 bridgehead atoms. The maximum atomic E-state index is 11.2. The van der Waals surface area contributed by atoms with Gasteiger partial charge < -0.3 is 19.8 Å². The molecular formula is C8H4CuF6O6. The Balaban J connectivity index is -0.000000295. The molecule has 0 atom stereocenters. The Labute approximate surface area is 122 Å². The molecule has 0 rings (SSSR count). The smallest absolute Gasteiger partial charge is 0.550 e. The van der Waals surface area contributed by atoms with E-state index in [0.29, 0.717) is 0 Å². The quantitative estimate of drug-likeness (QED) is 0.337. The summed E-state index contributed by atoms with van der Waals surface area (Å²) in [5.41, 5.74) is 0. The van der Waals surface area contributed by atoms with Crippen molar-refractivity contribution < 1.29 is 72.8 Å². The van der Waals surface area contributed by atoms with Gasteiger partial charge in [0.1, 0.15) is 0 Å². The van der Waals surface area contributed by atoms with Gasteiger partial charge in [-0.3, -0.25) is 9.59 Å². The minimum absolute atomic E-state index is 0. The van der Waals surface area contributed by atoms with Gasteiger partial charge in [0.15, 0.2) is 0 Å². The number of carbonyl (C=O) groups excluding carboxylic acids is 4. The number of aliphatic carboxylic acids is 2. The number of alkyl halides is 6. The SMILES string of the molecule is O=C([O-])CC(=O)C(F)(F)F.O=C([O-])CC(=O)C(F)(F)F.[Cu+2]. The van der Waals surface area contributed by atoms with Crippen LogP contribution in [0.1, 0.15) is 12.8 Å². The fraction of sp³-hybridized carbons (Fsp3) is 0.500. The molecule has 0 aliphatic heterocycles. The molecular weight excluding hydrogens is 370 g/mol. The van der Waals surface area contributed by atoms with E-state index in [1.165, 1.54) is 0 Å². The Morgan fingerprint density at radius 2 is 0.857 bits per heavy atom. The first kappa shape index (κ1) is 24.4. The van der Waals surface area contributed by atoms with Crippen molar-refractivity contribution >= 4 is 23.5 Å². The largest absolute Gasteiger partial charge is 2.00 e. The molecule has 0 aliphatic carbocycles. The number of hydrogen-bond donors (Lipinski definition) is 0. The van der Waals surface area contributed by atoms with E-state index < -0.39 is 48.7 Å². The van der Waals surface area contributed by atoms with Crippen molar-refractivity contribution in [3.63, 3.8) is 0 Å². The fourth-order valence-electron chi connectivity index (χ4n) is 0.463. The molecule has 0 aliphatic rings. The molecule has 0 fully saturated rings. The second kappa shape index (κ2) is 9.34. The summed E-state index contributed by atoms with van der Waals surface area (Å²) in [7, 11) is 0.